The van der Waals surface area contributed by atoms with Crippen molar-refractivity contribution in [3.63, 3.8) is 0 Å². The van der Waals surface area contributed by atoms with Crippen LogP contribution in [0.5, 0.6) is 5.75 Å². The zero-order valence-electron chi connectivity index (χ0n) is 13.1. The number of anilines is 2. The molecule has 2 aromatic carbocycles. The summed E-state index contributed by atoms with van der Waals surface area (Å²) in [5.41, 5.74) is 4.22. The van der Waals surface area contributed by atoms with E-state index in [9.17, 15) is 4.79 Å². The van der Waals surface area contributed by atoms with E-state index in [-0.39, 0.29) is 11.9 Å². The molecular weight excluding hydrogens is 276 g/mol. The van der Waals surface area contributed by atoms with Crippen molar-refractivity contribution in [2.45, 2.75) is 26.4 Å². The normalized spacial score (nSPS) is 17.0. The first-order valence-corrected chi connectivity index (χ1v) is 7.40. The Hall–Kier alpha value is -2.49. The van der Waals surface area contributed by atoms with E-state index in [1.165, 1.54) is 0 Å². The van der Waals surface area contributed by atoms with Gasteiger partial charge >= 0.3 is 0 Å². The second-order valence-corrected chi connectivity index (χ2v) is 5.61. The molecule has 0 spiro atoms. The number of hydrogen-bond donors (Lipinski definition) is 1. The fourth-order valence-electron chi connectivity index (χ4n) is 2.78. The molecule has 1 N–H and O–H groups in total. The molecule has 0 bridgehead atoms. The standard InChI is InChI=1S/C18H20N2O2/c1-12-5-4-6-16-17(12)19-18(21)13(2)20(16)11-14-7-9-15(22-3)10-8-14/h4-10,13H,11H2,1-3H3,(H,19,21). The van der Waals surface area contributed by atoms with E-state index in [1.54, 1.807) is 7.11 Å². The van der Waals surface area contributed by atoms with Crippen LogP contribution in [0.15, 0.2) is 42.5 Å². The number of ether oxygens (including phenoxy) is 1. The van der Waals surface area contributed by atoms with Crippen molar-refractivity contribution in [2.75, 3.05) is 17.3 Å². The summed E-state index contributed by atoms with van der Waals surface area (Å²) in [6, 6.07) is 13.9. The van der Waals surface area contributed by atoms with Gasteiger partial charge in [0.05, 0.1) is 18.5 Å². The van der Waals surface area contributed by atoms with E-state index >= 15 is 0 Å². The number of carbonyl (C=O) groups excluding carboxylic acids is 1. The highest BCUT2D eigenvalue weighted by Gasteiger charge is 2.30. The molecule has 3 rings (SSSR count). The average Bonchev–Trinajstić information content (AvgIpc) is 2.53. The van der Waals surface area contributed by atoms with Gasteiger partial charge in [-0.1, -0.05) is 24.3 Å². The van der Waals surface area contributed by atoms with E-state index in [1.807, 2.05) is 50.2 Å². The van der Waals surface area contributed by atoms with E-state index in [4.69, 9.17) is 4.74 Å². The summed E-state index contributed by atoms with van der Waals surface area (Å²) in [4.78, 5) is 14.4. The minimum absolute atomic E-state index is 0.0373. The van der Waals surface area contributed by atoms with Gasteiger partial charge in [0.1, 0.15) is 11.8 Å². The summed E-state index contributed by atoms with van der Waals surface area (Å²) in [6.07, 6.45) is 0. The van der Waals surface area contributed by atoms with E-state index in [0.29, 0.717) is 6.54 Å². The summed E-state index contributed by atoms with van der Waals surface area (Å²) >= 11 is 0. The van der Waals surface area contributed by atoms with Crippen LogP contribution in [-0.4, -0.2) is 19.1 Å². The molecule has 0 fully saturated rings. The average molecular weight is 296 g/mol. The Labute approximate surface area is 130 Å². The number of para-hydroxylation sites is 1. The quantitative estimate of drug-likeness (QED) is 0.944. The number of amides is 1. The second kappa shape index (κ2) is 5.72. The van der Waals surface area contributed by atoms with Crippen LogP contribution in [0, 0.1) is 6.92 Å². The van der Waals surface area contributed by atoms with E-state index in [2.05, 4.69) is 16.3 Å². The Kier molecular flexibility index (Phi) is 3.75. The SMILES string of the molecule is COc1ccc(CN2c3cccc(C)c3NC(=O)C2C)cc1. The lowest BCUT2D eigenvalue weighted by atomic mass is 10.0. The van der Waals surface area contributed by atoms with Crippen molar-refractivity contribution in [1.82, 2.24) is 0 Å². The van der Waals surface area contributed by atoms with Crippen molar-refractivity contribution in [3.05, 3.63) is 53.6 Å². The molecule has 1 amide bonds. The van der Waals surface area contributed by atoms with Crippen LogP contribution in [0.1, 0.15) is 18.1 Å². The van der Waals surface area contributed by atoms with Gasteiger partial charge in [0.25, 0.3) is 0 Å². The van der Waals surface area contributed by atoms with E-state index < -0.39 is 0 Å². The highest BCUT2D eigenvalue weighted by atomic mass is 16.5. The van der Waals surface area contributed by atoms with Crippen molar-refractivity contribution < 1.29 is 9.53 Å². The predicted molar refractivity (Wildman–Crippen MR) is 88.4 cm³/mol. The maximum Gasteiger partial charge on any atom is 0.246 e. The van der Waals surface area contributed by atoms with Crippen LogP contribution < -0.4 is 15.0 Å². The zero-order chi connectivity index (χ0) is 15.7. The minimum Gasteiger partial charge on any atom is -0.497 e. The lowest BCUT2D eigenvalue weighted by molar-refractivity contribution is -0.117. The van der Waals surface area contributed by atoms with Gasteiger partial charge in [0.15, 0.2) is 0 Å². The fraction of sp³-hybridized carbons (Fsp3) is 0.278. The monoisotopic (exact) mass is 296 g/mol. The molecule has 0 saturated heterocycles. The van der Waals surface area contributed by atoms with Crippen molar-refractivity contribution in [2.24, 2.45) is 0 Å². The largest absolute Gasteiger partial charge is 0.497 e. The Morgan fingerprint density at radius 2 is 1.91 bits per heavy atom. The number of hydrogen-bond acceptors (Lipinski definition) is 3. The third kappa shape index (κ3) is 2.52. The number of aryl methyl sites for hydroxylation is 1. The first-order valence-electron chi connectivity index (χ1n) is 7.40. The summed E-state index contributed by atoms with van der Waals surface area (Å²) in [5, 5.41) is 3.01. The summed E-state index contributed by atoms with van der Waals surface area (Å²) in [7, 11) is 1.66. The highest BCUT2D eigenvalue weighted by Crippen LogP contribution is 2.35. The molecule has 2 aromatic rings. The molecule has 4 nitrogen and oxygen atoms in total. The van der Waals surface area contributed by atoms with Crippen LogP contribution in [0.4, 0.5) is 11.4 Å². The second-order valence-electron chi connectivity index (χ2n) is 5.61. The highest BCUT2D eigenvalue weighted by molar-refractivity contribution is 6.04. The molecule has 4 heteroatoms. The Balaban J connectivity index is 1.94. The van der Waals surface area contributed by atoms with Gasteiger partial charge in [-0.2, -0.15) is 0 Å². The van der Waals surface area contributed by atoms with Gasteiger partial charge in [-0.05, 0) is 43.2 Å². The van der Waals surface area contributed by atoms with Crippen LogP contribution >= 0.6 is 0 Å². The van der Waals surface area contributed by atoms with Crippen molar-refractivity contribution in [3.8, 4) is 5.75 Å². The number of fused-ring (bicyclic) bond motifs is 1. The lowest BCUT2D eigenvalue weighted by Crippen LogP contribution is -2.46. The van der Waals surface area contributed by atoms with E-state index in [0.717, 1.165) is 28.3 Å². The zero-order valence-corrected chi connectivity index (χ0v) is 13.1. The third-order valence-electron chi connectivity index (χ3n) is 4.17. The minimum atomic E-state index is -0.198. The number of carbonyl (C=O) groups is 1. The van der Waals surface area contributed by atoms with Crippen LogP contribution in [-0.2, 0) is 11.3 Å². The number of nitrogens with one attached hydrogen (secondary N) is 1. The van der Waals surface area contributed by atoms with Crippen LogP contribution in [0.2, 0.25) is 0 Å². The Morgan fingerprint density at radius 1 is 1.18 bits per heavy atom. The van der Waals surface area contributed by atoms with Gasteiger partial charge in [-0.15, -0.1) is 0 Å². The van der Waals surface area contributed by atoms with Gasteiger partial charge in [0, 0.05) is 6.54 Å². The molecule has 0 aliphatic carbocycles. The first kappa shape index (κ1) is 14.4. The smallest absolute Gasteiger partial charge is 0.246 e. The third-order valence-corrected chi connectivity index (χ3v) is 4.17. The summed E-state index contributed by atoms with van der Waals surface area (Å²) < 4.78 is 5.19. The number of benzene rings is 2. The molecule has 1 aliphatic heterocycles. The molecule has 0 aromatic heterocycles. The molecule has 22 heavy (non-hydrogen) atoms. The van der Waals surface area contributed by atoms with Gasteiger partial charge in [-0.25, -0.2) is 0 Å². The Morgan fingerprint density at radius 3 is 2.59 bits per heavy atom. The van der Waals surface area contributed by atoms with Crippen molar-refractivity contribution in [1.29, 1.82) is 0 Å². The first-order chi connectivity index (χ1) is 10.6. The number of nitrogens with zero attached hydrogens (tertiary/aromatic N) is 1. The number of methoxy groups -OCH3 is 1. The molecule has 1 aliphatic rings. The van der Waals surface area contributed by atoms with Crippen LogP contribution in [0.25, 0.3) is 0 Å². The molecule has 0 saturated carbocycles. The van der Waals surface area contributed by atoms with Gasteiger partial charge in [0.2, 0.25) is 5.91 Å². The molecule has 114 valence electrons. The topological polar surface area (TPSA) is 41.6 Å². The fourth-order valence-corrected chi connectivity index (χ4v) is 2.78. The Bertz CT molecular complexity index is 695. The van der Waals surface area contributed by atoms with Gasteiger partial charge < -0.3 is 15.0 Å². The lowest BCUT2D eigenvalue weighted by Gasteiger charge is -2.37. The predicted octanol–water partition coefficient (Wildman–Crippen LogP) is 3.35. The molecule has 1 unspecified atom stereocenters. The maximum atomic E-state index is 12.2. The van der Waals surface area contributed by atoms with Crippen LogP contribution in [0.3, 0.4) is 0 Å². The number of rotatable bonds is 3. The van der Waals surface area contributed by atoms with Gasteiger partial charge in [-0.3, -0.25) is 4.79 Å². The molecular formula is C18H20N2O2. The van der Waals surface area contributed by atoms with Crippen molar-refractivity contribution >= 4 is 17.3 Å². The summed E-state index contributed by atoms with van der Waals surface area (Å²) in [5.74, 6) is 0.875. The maximum absolute atomic E-state index is 12.2. The molecule has 0 radical (unpaired) electrons. The molecule has 1 atom stereocenters. The molecule has 1 heterocycles. The summed E-state index contributed by atoms with van der Waals surface area (Å²) in [6.45, 7) is 4.64.